The van der Waals surface area contributed by atoms with Gasteiger partial charge in [0.1, 0.15) is 4.21 Å². The Morgan fingerprint density at radius 2 is 2.04 bits per heavy atom. The van der Waals surface area contributed by atoms with Crippen LogP contribution in [0.25, 0.3) is 0 Å². The molecule has 0 spiro atoms. The summed E-state index contributed by atoms with van der Waals surface area (Å²) in [6.45, 7) is 2.91. The lowest BCUT2D eigenvalue weighted by Crippen LogP contribution is -2.44. The van der Waals surface area contributed by atoms with E-state index in [0.29, 0.717) is 25.1 Å². The lowest BCUT2D eigenvalue weighted by atomic mass is 10.1. The van der Waals surface area contributed by atoms with Crippen molar-refractivity contribution in [2.45, 2.75) is 36.1 Å². The SMILES string of the molecule is CN1CCC(N(C)S(=O)(=O)c2sc3c(c2C(=O)O)CCNC3)CC1. The van der Waals surface area contributed by atoms with Crippen LogP contribution in [0.15, 0.2) is 4.21 Å². The average Bonchev–Trinajstić information content (AvgIpc) is 2.95. The summed E-state index contributed by atoms with van der Waals surface area (Å²) in [4.78, 5) is 14.7. The zero-order valence-electron chi connectivity index (χ0n) is 13.9. The Morgan fingerprint density at radius 3 is 2.67 bits per heavy atom. The third kappa shape index (κ3) is 3.11. The molecule has 0 unspecified atom stereocenters. The van der Waals surface area contributed by atoms with Gasteiger partial charge in [-0.1, -0.05) is 0 Å². The number of carbonyl (C=O) groups is 1. The van der Waals surface area contributed by atoms with E-state index < -0.39 is 16.0 Å². The Labute approximate surface area is 146 Å². The van der Waals surface area contributed by atoms with Gasteiger partial charge < -0.3 is 15.3 Å². The van der Waals surface area contributed by atoms with Crippen molar-refractivity contribution in [1.29, 1.82) is 0 Å². The van der Waals surface area contributed by atoms with Crippen molar-refractivity contribution in [3.05, 3.63) is 16.0 Å². The highest BCUT2D eigenvalue weighted by Gasteiger charge is 2.37. The van der Waals surface area contributed by atoms with E-state index in [1.54, 1.807) is 7.05 Å². The molecule has 3 heterocycles. The molecule has 2 N–H and O–H groups in total. The molecule has 9 heteroatoms. The van der Waals surface area contributed by atoms with Crippen LogP contribution in [0.4, 0.5) is 0 Å². The largest absolute Gasteiger partial charge is 0.478 e. The maximum atomic E-state index is 13.1. The number of fused-ring (bicyclic) bond motifs is 1. The van der Waals surface area contributed by atoms with Gasteiger partial charge in [-0.2, -0.15) is 4.31 Å². The van der Waals surface area contributed by atoms with Crippen molar-refractivity contribution in [3.63, 3.8) is 0 Å². The fourth-order valence-electron chi connectivity index (χ4n) is 3.39. The number of nitrogens with zero attached hydrogens (tertiary/aromatic N) is 2. The Balaban J connectivity index is 1.97. The topological polar surface area (TPSA) is 90.0 Å². The Kier molecular flexibility index (Phi) is 4.99. The number of likely N-dealkylation sites (tertiary alicyclic amines) is 1. The van der Waals surface area contributed by atoms with Crippen molar-refractivity contribution < 1.29 is 18.3 Å². The number of thiophene rings is 1. The van der Waals surface area contributed by atoms with E-state index in [9.17, 15) is 18.3 Å². The minimum atomic E-state index is -3.80. The number of carboxylic acid groups (broad SMARTS) is 1. The molecule has 1 aromatic heterocycles. The number of sulfonamides is 1. The second-order valence-corrected chi connectivity index (χ2v) is 9.75. The Morgan fingerprint density at radius 1 is 1.38 bits per heavy atom. The van der Waals surface area contributed by atoms with Crippen LogP contribution in [0.5, 0.6) is 0 Å². The number of nitrogens with one attached hydrogen (secondary N) is 1. The summed E-state index contributed by atoms with van der Waals surface area (Å²) in [5, 5.41) is 12.8. The first-order chi connectivity index (χ1) is 11.3. The van der Waals surface area contributed by atoms with Gasteiger partial charge in [-0.3, -0.25) is 0 Å². The highest BCUT2D eigenvalue weighted by molar-refractivity contribution is 7.91. The predicted octanol–water partition coefficient (Wildman–Crippen LogP) is 0.807. The summed E-state index contributed by atoms with van der Waals surface area (Å²) in [5.74, 6) is -1.15. The van der Waals surface area contributed by atoms with Crippen LogP contribution in [0.2, 0.25) is 0 Å². The number of carboxylic acids is 1. The Bertz CT molecular complexity index is 736. The molecule has 0 saturated carbocycles. The highest BCUT2D eigenvalue weighted by Crippen LogP contribution is 2.36. The first kappa shape index (κ1) is 17.8. The van der Waals surface area contributed by atoms with Crippen molar-refractivity contribution in [1.82, 2.24) is 14.5 Å². The zero-order chi connectivity index (χ0) is 17.5. The highest BCUT2D eigenvalue weighted by atomic mass is 32.2. The second-order valence-electron chi connectivity index (χ2n) is 6.45. The van der Waals surface area contributed by atoms with Crippen LogP contribution in [0, 0.1) is 0 Å². The predicted molar refractivity (Wildman–Crippen MR) is 92.2 cm³/mol. The van der Waals surface area contributed by atoms with E-state index >= 15 is 0 Å². The van der Waals surface area contributed by atoms with Gasteiger partial charge in [0.15, 0.2) is 0 Å². The van der Waals surface area contributed by atoms with E-state index in [1.807, 2.05) is 7.05 Å². The Hall–Kier alpha value is -1.00. The summed E-state index contributed by atoms with van der Waals surface area (Å²) in [7, 11) is -0.202. The molecule has 1 fully saturated rings. The molecule has 2 aliphatic rings. The van der Waals surface area contributed by atoms with Crippen LogP contribution < -0.4 is 5.32 Å². The molecule has 0 radical (unpaired) electrons. The minimum Gasteiger partial charge on any atom is -0.478 e. The van der Waals surface area contributed by atoms with E-state index in [1.165, 1.54) is 4.31 Å². The molecule has 2 aliphatic heterocycles. The van der Waals surface area contributed by atoms with Gasteiger partial charge in [-0.15, -0.1) is 11.3 Å². The molecule has 0 bridgehead atoms. The van der Waals surface area contributed by atoms with Crippen LogP contribution in [-0.2, 0) is 23.0 Å². The van der Waals surface area contributed by atoms with Crippen molar-refractivity contribution >= 4 is 27.3 Å². The van der Waals surface area contributed by atoms with Gasteiger partial charge in [0, 0.05) is 24.5 Å². The van der Waals surface area contributed by atoms with Gasteiger partial charge in [0.25, 0.3) is 10.0 Å². The lowest BCUT2D eigenvalue weighted by molar-refractivity contribution is 0.0692. The smallest absolute Gasteiger partial charge is 0.338 e. The van der Waals surface area contributed by atoms with Gasteiger partial charge in [-0.25, -0.2) is 13.2 Å². The number of rotatable bonds is 4. The first-order valence-corrected chi connectivity index (χ1v) is 10.3. The number of piperidine rings is 1. The van der Waals surface area contributed by atoms with Crippen LogP contribution in [-0.4, -0.2) is 68.5 Å². The molecule has 0 amide bonds. The van der Waals surface area contributed by atoms with E-state index in [-0.39, 0.29) is 15.8 Å². The second kappa shape index (κ2) is 6.72. The van der Waals surface area contributed by atoms with Crippen LogP contribution in [0.1, 0.15) is 33.6 Å². The maximum Gasteiger partial charge on any atom is 0.338 e. The fourth-order valence-corrected chi connectivity index (χ4v) is 6.84. The summed E-state index contributed by atoms with van der Waals surface area (Å²) in [5.41, 5.74) is 0.665. The van der Waals surface area contributed by atoms with Gasteiger partial charge in [-0.05, 0) is 51.5 Å². The molecule has 3 rings (SSSR count). The molecule has 1 aromatic rings. The van der Waals surface area contributed by atoms with E-state index in [4.69, 9.17) is 0 Å². The molecular weight excluding hydrogens is 350 g/mol. The summed E-state index contributed by atoms with van der Waals surface area (Å²) in [6, 6.07) is -0.0786. The summed E-state index contributed by atoms with van der Waals surface area (Å²) in [6.07, 6.45) is 2.09. The zero-order valence-corrected chi connectivity index (χ0v) is 15.5. The summed E-state index contributed by atoms with van der Waals surface area (Å²) >= 11 is 1.11. The molecule has 1 saturated heterocycles. The normalized spacial score (nSPS) is 20.3. The van der Waals surface area contributed by atoms with E-state index in [2.05, 4.69) is 10.2 Å². The van der Waals surface area contributed by atoms with Gasteiger partial charge in [0.2, 0.25) is 0 Å². The third-order valence-corrected chi connectivity index (χ3v) is 8.56. The van der Waals surface area contributed by atoms with Crippen molar-refractivity contribution in [2.24, 2.45) is 0 Å². The van der Waals surface area contributed by atoms with Crippen LogP contribution in [0.3, 0.4) is 0 Å². The minimum absolute atomic E-state index is 0.00914. The standard InChI is InChI=1S/C15H23N3O4S2/c1-17-7-4-10(5-8-17)18(2)24(21,22)15-13(14(19)20)11-3-6-16-9-12(11)23-15/h10,16H,3-9H2,1-2H3,(H,19,20). The van der Waals surface area contributed by atoms with Crippen LogP contribution >= 0.6 is 11.3 Å². The monoisotopic (exact) mass is 373 g/mol. The van der Waals surface area contributed by atoms with E-state index in [0.717, 1.165) is 42.1 Å². The molecule has 7 nitrogen and oxygen atoms in total. The molecule has 134 valence electrons. The molecule has 24 heavy (non-hydrogen) atoms. The fraction of sp³-hybridized carbons (Fsp3) is 0.667. The molecule has 0 aromatic carbocycles. The van der Waals surface area contributed by atoms with Gasteiger partial charge >= 0.3 is 5.97 Å². The average molecular weight is 374 g/mol. The number of hydrogen-bond donors (Lipinski definition) is 2. The van der Waals surface area contributed by atoms with Gasteiger partial charge in [0.05, 0.1) is 5.56 Å². The van der Waals surface area contributed by atoms with Crippen molar-refractivity contribution in [3.8, 4) is 0 Å². The number of aromatic carboxylic acids is 1. The lowest BCUT2D eigenvalue weighted by Gasteiger charge is -2.34. The first-order valence-electron chi connectivity index (χ1n) is 8.07. The molecule has 0 aliphatic carbocycles. The summed E-state index contributed by atoms with van der Waals surface area (Å²) < 4.78 is 27.6. The molecule has 0 atom stereocenters. The maximum absolute atomic E-state index is 13.1. The van der Waals surface area contributed by atoms with Crippen molar-refractivity contribution in [2.75, 3.05) is 33.7 Å². The number of hydrogen-bond acceptors (Lipinski definition) is 6. The quantitative estimate of drug-likeness (QED) is 0.812. The molecular formula is C15H23N3O4S2. The third-order valence-electron chi connectivity index (χ3n) is 4.93.